The molecule has 2 N–H and O–H groups in total. The zero-order valence-corrected chi connectivity index (χ0v) is 16.1. The van der Waals surface area contributed by atoms with E-state index in [0.29, 0.717) is 30.2 Å². The molecule has 2 aromatic rings. The number of carbonyl (C=O) groups is 1. The molecule has 0 aliphatic carbocycles. The van der Waals surface area contributed by atoms with E-state index in [1.165, 1.54) is 0 Å². The minimum Gasteiger partial charge on any atom is -0.396 e. The maximum atomic E-state index is 13.1. The third-order valence-corrected chi connectivity index (χ3v) is 5.40. The molecule has 7 nitrogen and oxygen atoms in total. The minimum atomic E-state index is -0.139. The van der Waals surface area contributed by atoms with Gasteiger partial charge < -0.3 is 20.0 Å². The van der Waals surface area contributed by atoms with E-state index in [4.69, 9.17) is 16.7 Å². The summed E-state index contributed by atoms with van der Waals surface area (Å²) in [7, 11) is 1.93. The van der Waals surface area contributed by atoms with Crippen LogP contribution in [0.1, 0.15) is 10.4 Å². The van der Waals surface area contributed by atoms with Crippen molar-refractivity contribution >= 4 is 17.5 Å². The fourth-order valence-corrected chi connectivity index (χ4v) is 3.79. The Morgan fingerprint density at radius 3 is 2.78 bits per heavy atom. The lowest BCUT2D eigenvalue weighted by atomic mass is 9.96. The van der Waals surface area contributed by atoms with Gasteiger partial charge in [0, 0.05) is 51.1 Å². The quantitative estimate of drug-likeness (QED) is 0.738. The zero-order chi connectivity index (χ0) is 19.4. The number of carbonyl (C=O) groups excluding carboxylic acids is 1. The van der Waals surface area contributed by atoms with Crippen molar-refractivity contribution in [3.63, 3.8) is 0 Å². The van der Waals surface area contributed by atoms with Crippen molar-refractivity contribution < 1.29 is 15.0 Å². The van der Waals surface area contributed by atoms with E-state index in [2.05, 4.69) is 5.10 Å². The summed E-state index contributed by atoms with van der Waals surface area (Å²) >= 11 is 6.30. The molecule has 0 radical (unpaired) electrons. The first kappa shape index (κ1) is 19.8. The second-order valence-corrected chi connectivity index (χ2v) is 7.42. The van der Waals surface area contributed by atoms with Gasteiger partial charge in [0.25, 0.3) is 5.91 Å². The van der Waals surface area contributed by atoms with E-state index in [-0.39, 0.29) is 31.0 Å². The number of rotatable bonds is 7. The van der Waals surface area contributed by atoms with Gasteiger partial charge in [-0.3, -0.25) is 4.79 Å². The number of hydrogen-bond acceptors (Lipinski definition) is 5. The third kappa shape index (κ3) is 4.50. The minimum absolute atomic E-state index is 0.0168. The van der Waals surface area contributed by atoms with Crippen molar-refractivity contribution in [2.75, 3.05) is 46.4 Å². The Morgan fingerprint density at radius 1 is 1.33 bits per heavy atom. The number of hydrogen-bond donors (Lipinski definition) is 2. The van der Waals surface area contributed by atoms with E-state index in [1.54, 1.807) is 27.9 Å². The van der Waals surface area contributed by atoms with Crippen molar-refractivity contribution in [2.24, 2.45) is 11.8 Å². The molecular weight excluding hydrogens is 368 g/mol. The Labute approximate surface area is 163 Å². The molecular formula is C19H25ClN4O3. The van der Waals surface area contributed by atoms with Gasteiger partial charge in [-0.15, -0.1) is 0 Å². The lowest BCUT2D eigenvalue weighted by Crippen LogP contribution is -2.33. The van der Waals surface area contributed by atoms with Crippen LogP contribution in [0.25, 0.3) is 5.69 Å². The Bertz CT molecular complexity index is 768. The van der Waals surface area contributed by atoms with Crippen LogP contribution in [0.15, 0.2) is 36.7 Å². The summed E-state index contributed by atoms with van der Waals surface area (Å²) < 4.78 is 1.68. The van der Waals surface area contributed by atoms with Crippen LogP contribution < -0.4 is 0 Å². The molecule has 8 heteroatoms. The van der Waals surface area contributed by atoms with Crippen molar-refractivity contribution in [3.8, 4) is 5.69 Å². The van der Waals surface area contributed by atoms with Gasteiger partial charge in [-0.2, -0.15) is 5.10 Å². The van der Waals surface area contributed by atoms with Gasteiger partial charge in [-0.05, 0) is 37.2 Å². The molecule has 0 bridgehead atoms. The molecule has 0 saturated carbocycles. The normalized spacial score (nSPS) is 19.8. The first-order valence-corrected chi connectivity index (χ1v) is 9.40. The average molecular weight is 393 g/mol. The van der Waals surface area contributed by atoms with Crippen LogP contribution in [-0.4, -0.2) is 82.1 Å². The third-order valence-electron chi connectivity index (χ3n) is 5.08. The Hall–Kier alpha value is -1.93. The first-order chi connectivity index (χ1) is 13.0. The summed E-state index contributed by atoms with van der Waals surface area (Å²) in [6, 6.07) is 7.09. The summed E-state index contributed by atoms with van der Waals surface area (Å²) in [5, 5.41) is 23.4. The van der Waals surface area contributed by atoms with E-state index < -0.39 is 0 Å². The predicted octanol–water partition coefficient (Wildman–Crippen LogP) is 1.13. The van der Waals surface area contributed by atoms with Crippen molar-refractivity contribution in [2.45, 2.75) is 0 Å². The van der Waals surface area contributed by atoms with Crippen LogP contribution in [0, 0.1) is 11.8 Å². The summed E-state index contributed by atoms with van der Waals surface area (Å²) in [5.41, 5.74) is 1.20. The van der Waals surface area contributed by atoms with Crippen LogP contribution in [0.2, 0.25) is 5.02 Å². The Kier molecular flexibility index (Phi) is 6.49. The summed E-state index contributed by atoms with van der Waals surface area (Å²) in [6.07, 6.45) is 3.48. The monoisotopic (exact) mass is 392 g/mol. The number of halogens is 1. The van der Waals surface area contributed by atoms with E-state index >= 15 is 0 Å². The SMILES string of the molecule is CN(CCO)CC1CN(C(=O)c2cc(-n3cccn3)ccc2Cl)CC1CO. The maximum absolute atomic E-state index is 13.1. The van der Waals surface area contributed by atoms with Crippen LogP contribution in [0.4, 0.5) is 0 Å². The number of aromatic nitrogens is 2. The summed E-state index contributed by atoms with van der Waals surface area (Å²) in [4.78, 5) is 16.9. The summed E-state index contributed by atoms with van der Waals surface area (Å²) in [5.74, 6) is 0.0338. The van der Waals surface area contributed by atoms with Gasteiger partial charge in [0.2, 0.25) is 0 Å². The molecule has 2 atom stereocenters. The highest BCUT2D eigenvalue weighted by Gasteiger charge is 2.36. The fraction of sp³-hybridized carbons (Fsp3) is 0.474. The second kappa shape index (κ2) is 8.84. The zero-order valence-electron chi connectivity index (χ0n) is 15.3. The lowest BCUT2D eigenvalue weighted by Gasteiger charge is -2.23. The van der Waals surface area contributed by atoms with Crippen LogP contribution >= 0.6 is 11.6 Å². The second-order valence-electron chi connectivity index (χ2n) is 7.01. The number of nitrogens with zero attached hydrogens (tertiary/aromatic N) is 4. The van der Waals surface area contributed by atoms with Crippen molar-refractivity contribution in [1.29, 1.82) is 0 Å². The molecule has 2 unspecified atom stereocenters. The molecule has 3 rings (SSSR count). The molecule has 2 heterocycles. The van der Waals surface area contributed by atoms with E-state index in [0.717, 1.165) is 12.2 Å². The molecule has 1 saturated heterocycles. The number of likely N-dealkylation sites (N-methyl/N-ethyl adjacent to an activating group) is 1. The predicted molar refractivity (Wildman–Crippen MR) is 103 cm³/mol. The van der Waals surface area contributed by atoms with Crippen LogP contribution in [0.5, 0.6) is 0 Å². The van der Waals surface area contributed by atoms with E-state index in [1.807, 2.05) is 30.3 Å². The highest BCUT2D eigenvalue weighted by atomic mass is 35.5. The first-order valence-electron chi connectivity index (χ1n) is 9.02. The molecule has 1 fully saturated rings. The molecule has 1 amide bonds. The van der Waals surface area contributed by atoms with Gasteiger partial charge in [-0.25, -0.2) is 4.68 Å². The largest absolute Gasteiger partial charge is 0.396 e. The van der Waals surface area contributed by atoms with Gasteiger partial charge in [0.15, 0.2) is 0 Å². The molecule has 146 valence electrons. The molecule has 0 spiro atoms. The number of likely N-dealkylation sites (tertiary alicyclic amines) is 1. The van der Waals surface area contributed by atoms with Gasteiger partial charge in [0.05, 0.1) is 22.9 Å². The van der Waals surface area contributed by atoms with Gasteiger partial charge in [-0.1, -0.05) is 11.6 Å². The number of aliphatic hydroxyl groups is 2. The molecule has 1 aromatic heterocycles. The van der Waals surface area contributed by atoms with E-state index in [9.17, 15) is 9.90 Å². The number of benzene rings is 1. The number of amides is 1. The standard InChI is InChI=1S/C19H25ClN4O3/c1-22(7-8-25)10-14-11-23(12-15(14)13-26)19(27)17-9-16(3-4-18(17)20)24-6-2-5-21-24/h2-6,9,14-15,25-26H,7-8,10-13H2,1H3. The molecule has 1 aromatic carbocycles. The van der Waals surface area contributed by atoms with Gasteiger partial charge >= 0.3 is 0 Å². The van der Waals surface area contributed by atoms with Gasteiger partial charge in [0.1, 0.15) is 0 Å². The number of aliphatic hydroxyl groups excluding tert-OH is 2. The van der Waals surface area contributed by atoms with Crippen molar-refractivity contribution in [1.82, 2.24) is 19.6 Å². The Balaban J connectivity index is 1.77. The molecule has 27 heavy (non-hydrogen) atoms. The fourth-order valence-electron chi connectivity index (χ4n) is 3.59. The molecule has 1 aliphatic rings. The maximum Gasteiger partial charge on any atom is 0.255 e. The van der Waals surface area contributed by atoms with Crippen molar-refractivity contribution in [3.05, 3.63) is 47.2 Å². The highest BCUT2D eigenvalue weighted by Crippen LogP contribution is 2.28. The Morgan fingerprint density at radius 2 is 2.11 bits per heavy atom. The molecule has 1 aliphatic heterocycles. The lowest BCUT2D eigenvalue weighted by molar-refractivity contribution is 0.0779. The summed E-state index contributed by atoms with van der Waals surface area (Å²) in [6.45, 7) is 2.46. The highest BCUT2D eigenvalue weighted by molar-refractivity contribution is 6.33. The van der Waals surface area contributed by atoms with Crippen LogP contribution in [-0.2, 0) is 0 Å². The average Bonchev–Trinajstić information content (AvgIpc) is 3.31. The smallest absolute Gasteiger partial charge is 0.255 e. The van der Waals surface area contributed by atoms with Crippen LogP contribution in [0.3, 0.4) is 0 Å². The topological polar surface area (TPSA) is 81.8 Å².